The monoisotopic (exact) mass is 284 g/mol. The fourth-order valence-corrected chi connectivity index (χ4v) is 2.07. The van der Waals surface area contributed by atoms with Gasteiger partial charge >= 0.3 is 0 Å². The van der Waals surface area contributed by atoms with Crippen LogP contribution in [0.4, 0.5) is 8.78 Å². The van der Waals surface area contributed by atoms with Crippen molar-refractivity contribution in [1.29, 1.82) is 0 Å². The van der Waals surface area contributed by atoms with Gasteiger partial charge in [0.05, 0.1) is 0 Å². The van der Waals surface area contributed by atoms with E-state index < -0.39 is 6.43 Å². The molecule has 0 unspecified atom stereocenters. The summed E-state index contributed by atoms with van der Waals surface area (Å²) in [5.41, 5.74) is -0.148. The third kappa shape index (κ3) is 1.85. The van der Waals surface area contributed by atoms with Crippen molar-refractivity contribution in [1.82, 2.24) is 0 Å². The first-order valence-electron chi connectivity index (χ1n) is 4.59. The highest BCUT2D eigenvalue weighted by Gasteiger charge is 2.16. The molecule has 82 valence electrons. The Morgan fingerprint density at radius 2 is 1.94 bits per heavy atom. The zero-order valence-electron chi connectivity index (χ0n) is 8.08. The molecule has 1 nitrogen and oxygen atoms in total. The molecule has 0 bridgehead atoms. The van der Waals surface area contributed by atoms with E-state index in [9.17, 15) is 13.6 Å². The van der Waals surface area contributed by atoms with Gasteiger partial charge in [0.25, 0.3) is 6.43 Å². The van der Waals surface area contributed by atoms with Crippen LogP contribution >= 0.6 is 15.9 Å². The zero-order valence-corrected chi connectivity index (χ0v) is 9.67. The average molecular weight is 285 g/mol. The first-order valence-corrected chi connectivity index (χ1v) is 5.38. The molecular weight excluding hydrogens is 278 g/mol. The Balaban J connectivity index is 2.84. The number of hydrogen-bond acceptors (Lipinski definition) is 1. The molecule has 0 spiro atoms. The molecule has 0 saturated carbocycles. The molecule has 0 heterocycles. The van der Waals surface area contributed by atoms with Crippen molar-refractivity contribution in [3.63, 3.8) is 0 Å². The van der Waals surface area contributed by atoms with Gasteiger partial charge in [-0.3, -0.25) is 4.79 Å². The number of rotatable bonds is 2. The maximum Gasteiger partial charge on any atom is 0.265 e. The van der Waals surface area contributed by atoms with Crippen LogP contribution in [0.15, 0.2) is 34.8 Å². The second-order valence-corrected chi connectivity index (χ2v) is 4.27. The Morgan fingerprint density at radius 3 is 2.56 bits per heavy atom. The van der Waals surface area contributed by atoms with Crippen LogP contribution in [-0.2, 0) is 0 Å². The maximum atomic E-state index is 12.9. The minimum Gasteiger partial charge on any atom is -0.298 e. The highest BCUT2D eigenvalue weighted by molar-refractivity contribution is 9.10. The Labute approximate surface area is 99.2 Å². The van der Waals surface area contributed by atoms with Gasteiger partial charge in [0, 0.05) is 15.6 Å². The predicted molar refractivity (Wildman–Crippen MR) is 62.0 cm³/mol. The van der Waals surface area contributed by atoms with Gasteiger partial charge in [-0.1, -0.05) is 34.1 Å². The number of halogens is 3. The van der Waals surface area contributed by atoms with E-state index in [-0.39, 0.29) is 11.1 Å². The first kappa shape index (κ1) is 11.2. The second-order valence-electron chi connectivity index (χ2n) is 3.35. The lowest BCUT2D eigenvalue weighted by Crippen LogP contribution is -1.94. The molecular formula is C12H7BrF2O. The number of carbonyl (C=O) groups is 1. The maximum absolute atomic E-state index is 12.9. The van der Waals surface area contributed by atoms with Crippen LogP contribution in [0.3, 0.4) is 0 Å². The topological polar surface area (TPSA) is 17.1 Å². The fraction of sp³-hybridized carbons (Fsp3) is 0.0833. The molecule has 0 radical (unpaired) electrons. The Hall–Kier alpha value is -1.29. The Bertz CT molecular complexity index is 552. The van der Waals surface area contributed by atoms with E-state index >= 15 is 0 Å². The minimum absolute atomic E-state index is 0.0461. The van der Waals surface area contributed by atoms with E-state index in [1.165, 1.54) is 6.07 Å². The summed E-state index contributed by atoms with van der Waals surface area (Å²) in [5.74, 6) is 0. The minimum atomic E-state index is -2.65. The normalized spacial score (nSPS) is 11.0. The van der Waals surface area contributed by atoms with Crippen molar-refractivity contribution in [2.45, 2.75) is 6.43 Å². The van der Waals surface area contributed by atoms with Crippen molar-refractivity contribution in [3.8, 4) is 0 Å². The lowest BCUT2D eigenvalue weighted by molar-refractivity contribution is 0.110. The quantitative estimate of drug-likeness (QED) is 0.749. The molecule has 0 fully saturated rings. The smallest absolute Gasteiger partial charge is 0.265 e. The van der Waals surface area contributed by atoms with E-state index in [1.54, 1.807) is 24.3 Å². The van der Waals surface area contributed by atoms with Crippen molar-refractivity contribution >= 4 is 33.0 Å². The van der Waals surface area contributed by atoms with Gasteiger partial charge < -0.3 is 0 Å². The Kier molecular flexibility index (Phi) is 3.01. The van der Waals surface area contributed by atoms with Crippen molar-refractivity contribution in [3.05, 3.63) is 45.9 Å². The zero-order chi connectivity index (χ0) is 11.7. The summed E-state index contributed by atoms with van der Waals surface area (Å²) < 4.78 is 26.6. The number of fused-ring (bicyclic) bond motifs is 1. The molecule has 0 aliphatic heterocycles. The summed E-state index contributed by atoms with van der Waals surface area (Å²) >= 11 is 3.27. The molecule has 0 N–H and O–H groups in total. The second kappa shape index (κ2) is 4.29. The molecule has 16 heavy (non-hydrogen) atoms. The van der Waals surface area contributed by atoms with Gasteiger partial charge in [0.1, 0.15) is 0 Å². The molecule has 0 amide bonds. The van der Waals surface area contributed by atoms with Crippen LogP contribution in [0.5, 0.6) is 0 Å². The largest absolute Gasteiger partial charge is 0.298 e. The van der Waals surface area contributed by atoms with Crippen molar-refractivity contribution in [2.75, 3.05) is 0 Å². The van der Waals surface area contributed by atoms with E-state index in [1.807, 2.05) is 0 Å². The van der Waals surface area contributed by atoms with Gasteiger partial charge in [0.15, 0.2) is 6.29 Å². The first-order chi connectivity index (χ1) is 7.63. The van der Waals surface area contributed by atoms with Crippen LogP contribution in [0.1, 0.15) is 22.3 Å². The van der Waals surface area contributed by atoms with E-state index in [0.717, 1.165) is 4.47 Å². The summed E-state index contributed by atoms with van der Waals surface area (Å²) in [4.78, 5) is 10.7. The fourth-order valence-electron chi connectivity index (χ4n) is 1.69. The third-order valence-corrected chi connectivity index (χ3v) is 2.90. The molecule has 2 rings (SSSR count). The van der Waals surface area contributed by atoms with Gasteiger partial charge in [0.2, 0.25) is 0 Å². The average Bonchev–Trinajstić information content (AvgIpc) is 2.26. The molecule has 0 aromatic heterocycles. The van der Waals surface area contributed by atoms with Crippen LogP contribution in [0, 0.1) is 0 Å². The summed E-state index contributed by atoms with van der Waals surface area (Å²) in [6, 6.07) is 8.10. The molecule has 0 saturated heterocycles. The van der Waals surface area contributed by atoms with Gasteiger partial charge in [-0.05, 0) is 22.9 Å². The van der Waals surface area contributed by atoms with Crippen LogP contribution in [-0.4, -0.2) is 6.29 Å². The number of alkyl halides is 2. The predicted octanol–water partition coefficient (Wildman–Crippen LogP) is 4.35. The van der Waals surface area contributed by atoms with E-state index in [4.69, 9.17) is 0 Å². The van der Waals surface area contributed by atoms with E-state index in [0.29, 0.717) is 17.1 Å². The number of hydrogen-bond donors (Lipinski definition) is 0. The third-order valence-electron chi connectivity index (χ3n) is 2.40. The van der Waals surface area contributed by atoms with Crippen LogP contribution in [0.2, 0.25) is 0 Å². The van der Waals surface area contributed by atoms with Crippen LogP contribution < -0.4 is 0 Å². The molecule has 4 heteroatoms. The van der Waals surface area contributed by atoms with Crippen LogP contribution in [0.25, 0.3) is 10.8 Å². The van der Waals surface area contributed by atoms with Crippen molar-refractivity contribution < 1.29 is 13.6 Å². The van der Waals surface area contributed by atoms with Gasteiger partial charge in [-0.25, -0.2) is 8.78 Å². The molecule has 2 aromatic carbocycles. The molecule has 2 aromatic rings. The standard InChI is InChI=1S/C12H7BrF2O/c13-9-3-4-10-7(5-9)1-2-8(6-16)11(10)12(14)15/h1-6,12H. The van der Waals surface area contributed by atoms with Gasteiger partial charge in [-0.2, -0.15) is 0 Å². The molecule has 0 atom stereocenters. The summed E-state index contributed by atoms with van der Waals surface area (Å²) in [7, 11) is 0. The van der Waals surface area contributed by atoms with E-state index in [2.05, 4.69) is 15.9 Å². The summed E-state index contributed by atoms with van der Waals surface area (Å²) in [6.45, 7) is 0. The summed E-state index contributed by atoms with van der Waals surface area (Å²) in [5, 5.41) is 1.11. The highest BCUT2D eigenvalue weighted by Crippen LogP contribution is 2.31. The highest BCUT2D eigenvalue weighted by atomic mass is 79.9. The SMILES string of the molecule is O=Cc1ccc2cc(Br)ccc2c1C(F)F. The lowest BCUT2D eigenvalue weighted by atomic mass is 10.00. The number of carbonyl (C=O) groups excluding carboxylic acids is 1. The lowest BCUT2D eigenvalue weighted by Gasteiger charge is -2.08. The van der Waals surface area contributed by atoms with Crippen molar-refractivity contribution in [2.24, 2.45) is 0 Å². The number of aldehydes is 1. The molecule has 0 aliphatic carbocycles. The summed E-state index contributed by atoms with van der Waals surface area (Å²) in [6.07, 6.45) is -2.19. The van der Waals surface area contributed by atoms with Gasteiger partial charge in [-0.15, -0.1) is 0 Å². The number of benzene rings is 2. The molecule has 0 aliphatic rings. The Morgan fingerprint density at radius 1 is 1.19 bits per heavy atom.